The first-order valence-corrected chi connectivity index (χ1v) is 6.36. The predicted molar refractivity (Wildman–Crippen MR) is 67.7 cm³/mol. The summed E-state index contributed by atoms with van der Waals surface area (Å²) in [6, 6.07) is 5.74. The summed E-state index contributed by atoms with van der Waals surface area (Å²) in [6.07, 6.45) is 1.06. The van der Waals surface area contributed by atoms with Crippen molar-refractivity contribution in [3.05, 3.63) is 23.2 Å². The van der Waals surface area contributed by atoms with Crippen LogP contribution in [0.1, 0.15) is 13.3 Å². The third-order valence-electron chi connectivity index (χ3n) is 1.88. The Morgan fingerprint density at radius 3 is 2.93 bits per heavy atom. The number of ether oxygens (including phenoxy) is 1. The summed E-state index contributed by atoms with van der Waals surface area (Å²) in [5.41, 5.74) is 6.26. The minimum Gasteiger partial charge on any atom is -0.398 e. The Morgan fingerprint density at radius 2 is 2.27 bits per heavy atom. The Balaban J connectivity index is 2.28. The van der Waals surface area contributed by atoms with Gasteiger partial charge in [-0.15, -0.1) is 11.8 Å². The van der Waals surface area contributed by atoms with Crippen LogP contribution in [0.2, 0.25) is 5.02 Å². The molecule has 1 aromatic rings. The molecule has 0 radical (unpaired) electrons. The highest BCUT2D eigenvalue weighted by molar-refractivity contribution is 7.99. The maximum atomic E-state index is 5.91. The molecule has 0 spiro atoms. The molecule has 0 heterocycles. The molecule has 0 atom stereocenters. The van der Waals surface area contributed by atoms with Crippen LogP contribution in [0.3, 0.4) is 0 Å². The second kappa shape index (κ2) is 6.99. The molecule has 0 saturated carbocycles. The van der Waals surface area contributed by atoms with Gasteiger partial charge >= 0.3 is 0 Å². The van der Waals surface area contributed by atoms with Gasteiger partial charge in [0.1, 0.15) is 0 Å². The number of anilines is 1. The first-order valence-electron chi connectivity index (χ1n) is 4.99. The van der Waals surface area contributed by atoms with Crippen molar-refractivity contribution in [3.63, 3.8) is 0 Å². The molecule has 0 aromatic heterocycles. The van der Waals surface area contributed by atoms with E-state index in [4.69, 9.17) is 22.1 Å². The number of nitrogen functional groups attached to an aromatic ring is 1. The van der Waals surface area contributed by atoms with E-state index in [1.54, 1.807) is 11.8 Å². The maximum absolute atomic E-state index is 5.91. The largest absolute Gasteiger partial charge is 0.398 e. The molecular weight excluding hydrogens is 230 g/mol. The second-order valence-electron chi connectivity index (χ2n) is 3.08. The predicted octanol–water partition coefficient (Wildman–Crippen LogP) is 3.44. The van der Waals surface area contributed by atoms with Gasteiger partial charge in [0.15, 0.2) is 0 Å². The molecule has 2 N–H and O–H groups in total. The normalized spacial score (nSPS) is 10.5. The molecule has 0 aliphatic carbocycles. The summed E-state index contributed by atoms with van der Waals surface area (Å²) in [4.78, 5) is 1.16. The van der Waals surface area contributed by atoms with Crippen LogP contribution in [-0.4, -0.2) is 19.0 Å². The van der Waals surface area contributed by atoms with Crippen molar-refractivity contribution >= 4 is 29.1 Å². The lowest BCUT2D eigenvalue weighted by molar-refractivity contribution is 0.149. The lowest BCUT2D eigenvalue weighted by Crippen LogP contribution is -1.94. The van der Waals surface area contributed by atoms with Crippen molar-refractivity contribution in [3.8, 4) is 0 Å². The van der Waals surface area contributed by atoms with E-state index in [2.05, 4.69) is 0 Å². The quantitative estimate of drug-likeness (QED) is 0.474. The smallest absolute Gasteiger partial charge is 0.0646 e. The number of halogens is 1. The Morgan fingerprint density at radius 1 is 1.47 bits per heavy atom. The summed E-state index contributed by atoms with van der Waals surface area (Å²) >= 11 is 7.69. The molecule has 0 aliphatic rings. The summed E-state index contributed by atoms with van der Waals surface area (Å²) < 4.78 is 5.25. The van der Waals surface area contributed by atoms with Gasteiger partial charge in [0.05, 0.1) is 10.7 Å². The average molecular weight is 246 g/mol. The molecule has 84 valence electrons. The number of hydrogen-bond donors (Lipinski definition) is 1. The van der Waals surface area contributed by atoms with Crippen molar-refractivity contribution in [2.75, 3.05) is 24.7 Å². The van der Waals surface area contributed by atoms with E-state index in [1.165, 1.54) is 0 Å². The van der Waals surface area contributed by atoms with Crippen LogP contribution in [0.15, 0.2) is 23.1 Å². The minimum absolute atomic E-state index is 0.629. The third kappa shape index (κ3) is 4.78. The second-order valence-corrected chi connectivity index (χ2v) is 4.66. The lowest BCUT2D eigenvalue weighted by Gasteiger charge is -2.04. The Kier molecular flexibility index (Phi) is 5.91. The van der Waals surface area contributed by atoms with Gasteiger partial charge in [0.25, 0.3) is 0 Å². The van der Waals surface area contributed by atoms with E-state index in [0.717, 1.165) is 30.3 Å². The number of hydrogen-bond acceptors (Lipinski definition) is 3. The zero-order chi connectivity index (χ0) is 11.1. The van der Waals surface area contributed by atoms with Crippen molar-refractivity contribution in [2.24, 2.45) is 0 Å². The highest BCUT2D eigenvalue weighted by atomic mass is 35.5. The van der Waals surface area contributed by atoms with E-state index in [-0.39, 0.29) is 0 Å². The maximum Gasteiger partial charge on any atom is 0.0646 e. The van der Waals surface area contributed by atoms with Crippen molar-refractivity contribution in [2.45, 2.75) is 18.2 Å². The zero-order valence-electron chi connectivity index (χ0n) is 8.83. The average Bonchev–Trinajstić information content (AvgIpc) is 2.23. The lowest BCUT2D eigenvalue weighted by atomic mass is 10.3. The number of benzene rings is 1. The van der Waals surface area contributed by atoms with Crippen molar-refractivity contribution in [1.29, 1.82) is 0 Å². The van der Waals surface area contributed by atoms with Crippen molar-refractivity contribution < 1.29 is 4.74 Å². The van der Waals surface area contributed by atoms with E-state index in [0.29, 0.717) is 10.7 Å². The molecule has 0 aliphatic heterocycles. The number of thioether (sulfide) groups is 1. The van der Waals surface area contributed by atoms with Crippen molar-refractivity contribution in [1.82, 2.24) is 0 Å². The molecule has 0 amide bonds. The van der Waals surface area contributed by atoms with Crippen LogP contribution in [0, 0.1) is 0 Å². The van der Waals surface area contributed by atoms with Crippen LogP contribution in [0.25, 0.3) is 0 Å². The third-order valence-corrected chi connectivity index (χ3v) is 3.29. The molecule has 0 saturated heterocycles. The highest BCUT2D eigenvalue weighted by Crippen LogP contribution is 2.26. The van der Waals surface area contributed by atoms with Gasteiger partial charge in [0, 0.05) is 23.9 Å². The van der Waals surface area contributed by atoms with Gasteiger partial charge < -0.3 is 10.5 Å². The highest BCUT2D eigenvalue weighted by Gasteiger charge is 1.98. The van der Waals surface area contributed by atoms with Crippen LogP contribution in [0.4, 0.5) is 5.69 Å². The van der Waals surface area contributed by atoms with Gasteiger partial charge in [-0.25, -0.2) is 0 Å². The molecule has 4 heteroatoms. The SMILES string of the molecule is CCOCCCSc1ccc(N)c(Cl)c1. The molecule has 0 fully saturated rings. The molecular formula is C11H16ClNOS. The Hall–Kier alpha value is -0.380. The van der Waals surface area contributed by atoms with Gasteiger partial charge in [-0.2, -0.15) is 0 Å². The summed E-state index contributed by atoms with van der Waals surface area (Å²) in [7, 11) is 0. The Labute approximate surface area is 100 Å². The Bertz CT molecular complexity index is 307. The first kappa shape index (κ1) is 12.7. The van der Waals surface area contributed by atoms with Gasteiger partial charge in [-0.1, -0.05) is 11.6 Å². The molecule has 0 unspecified atom stereocenters. The number of nitrogens with two attached hydrogens (primary N) is 1. The molecule has 1 rings (SSSR count). The van der Waals surface area contributed by atoms with Gasteiger partial charge in [0.2, 0.25) is 0 Å². The van der Waals surface area contributed by atoms with E-state index >= 15 is 0 Å². The fraction of sp³-hybridized carbons (Fsp3) is 0.455. The fourth-order valence-corrected chi connectivity index (χ4v) is 2.20. The van der Waals surface area contributed by atoms with Crippen LogP contribution >= 0.6 is 23.4 Å². The van der Waals surface area contributed by atoms with E-state index in [1.807, 2.05) is 25.1 Å². The van der Waals surface area contributed by atoms with Crippen LogP contribution in [0.5, 0.6) is 0 Å². The zero-order valence-corrected chi connectivity index (χ0v) is 10.4. The molecule has 0 bridgehead atoms. The molecule has 15 heavy (non-hydrogen) atoms. The van der Waals surface area contributed by atoms with Crippen LogP contribution < -0.4 is 5.73 Å². The van der Waals surface area contributed by atoms with Gasteiger partial charge in [-0.05, 0) is 31.5 Å². The molecule has 1 aromatic carbocycles. The summed E-state index contributed by atoms with van der Waals surface area (Å²) in [6.45, 7) is 3.62. The first-order chi connectivity index (χ1) is 7.24. The van der Waals surface area contributed by atoms with E-state index in [9.17, 15) is 0 Å². The molecule has 2 nitrogen and oxygen atoms in total. The topological polar surface area (TPSA) is 35.2 Å². The summed E-state index contributed by atoms with van der Waals surface area (Å²) in [5.74, 6) is 1.04. The van der Waals surface area contributed by atoms with Crippen LogP contribution in [-0.2, 0) is 4.74 Å². The monoisotopic (exact) mass is 245 g/mol. The van der Waals surface area contributed by atoms with E-state index < -0.39 is 0 Å². The van der Waals surface area contributed by atoms with Gasteiger partial charge in [-0.3, -0.25) is 0 Å². The standard InChI is InChI=1S/C11H16ClNOS/c1-2-14-6-3-7-15-9-4-5-11(13)10(12)8-9/h4-5,8H,2-3,6-7,13H2,1H3. The number of rotatable bonds is 6. The summed E-state index contributed by atoms with van der Waals surface area (Å²) in [5, 5.41) is 0.629. The fourth-order valence-electron chi connectivity index (χ4n) is 1.09. The minimum atomic E-state index is 0.629.